The predicted octanol–water partition coefficient (Wildman–Crippen LogP) is 30.9. The summed E-state index contributed by atoms with van der Waals surface area (Å²) in [5, 5.41) is 0. The van der Waals surface area contributed by atoms with Crippen LogP contribution in [0.5, 0.6) is 0 Å². The molecule has 0 saturated carbocycles. The molecule has 0 spiro atoms. The zero-order valence-corrected chi connectivity index (χ0v) is 68.8. The highest BCUT2D eigenvalue weighted by Gasteiger charge is 2.43. The summed E-state index contributed by atoms with van der Waals surface area (Å²) in [6, 6.07) is 132. The number of anilines is 9. The minimum Gasteiger partial charge on any atom is -0.310 e. The highest BCUT2D eigenvalue weighted by atomic mass is 15.2. The van der Waals surface area contributed by atoms with Gasteiger partial charge in [-0.3, -0.25) is 0 Å². The average Bonchev–Trinajstić information content (AvgIpc) is 1.62. The molecule has 0 saturated heterocycles. The molecule has 0 radical (unpaired) electrons. The van der Waals surface area contributed by atoms with E-state index >= 15 is 0 Å². The Morgan fingerprint density at radius 2 is 0.299 bits per heavy atom. The van der Waals surface area contributed by atoms with Crippen molar-refractivity contribution in [2.24, 2.45) is 0 Å². The third kappa shape index (κ3) is 10.4. The zero-order valence-electron chi connectivity index (χ0n) is 68.8. The predicted molar refractivity (Wildman–Crippen MR) is 492 cm³/mol. The SMILES string of the molecule is CC1(C)c2ccccc2-c2cc(N(c3ccc(-c4cc(-c5ccc(N(c6ccc7c(c6)C(C)(C)c6ccccc6-7)c6ccc7c(c6)C(C)(C)c6ccccc6-7)cc5)cc(-c5ccc(N(c6ccc7c(c6)C(C)(C)c6ccccc6-7)c6ccc7c(c6)C(C)(C)c6ccccc6-7)cc5)c4)cc3)c3ccc4c(c3)C(C)(C)c3ccccc3-4)ccc21. The van der Waals surface area contributed by atoms with Crippen molar-refractivity contribution in [3.05, 3.63) is 413 Å². The smallest absolute Gasteiger partial charge is 0.0468 e. The molecule has 16 aromatic carbocycles. The average molecular weight is 1510 g/mol. The summed E-state index contributed by atoms with van der Waals surface area (Å²) in [6.07, 6.45) is 0. The van der Waals surface area contributed by atoms with Crippen LogP contribution in [0, 0.1) is 0 Å². The summed E-state index contributed by atoms with van der Waals surface area (Å²) in [7, 11) is 0. The Hall–Kier alpha value is -13.1. The molecule has 0 aliphatic heterocycles. The van der Waals surface area contributed by atoms with Gasteiger partial charge in [0.05, 0.1) is 0 Å². The van der Waals surface area contributed by atoms with E-state index in [1.165, 1.54) is 134 Å². The fourth-order valence-corrected chi connectivity index (χ4v) is 21.9. The van der Waals surface area contributed by atoms with Gasteiger partial charge in [-0.05, 0) is 294 Å². The number of nitrogens with zero attached hydrogens (tertiary/aromatic N) is 3. The fraction of sp³-hybridized carbons (Fsp3) is 0.158. The third-order valence-electron chi connectivity index (χ3n) is 28.3. The molecular formula is C114H93N3. The Balaban J connectivity index is 0.689. The Bertz CT molecular complexity index is 6380. The van der Waals surface area contributed by atoms with E-state index in [4.69, 9.17) is 0 Å². The zero-order chi connectivity index (χ0) is 79.6. The van der Waals surface area contributed by atoms with Gasteiger partial charge in [-0.15, -0.1) is 0 Å². The van der Waals surface area contributed by atoms with Crippen LogP contribution in [0.15, 0.2) is 346 Å². The quantitative estimate of drug-likeness (QED) is 0.121. The number of benzene rings is 16. The third-order valence-corrected chi connectivity index (χ3v) is 28.3. The van der Waals surface area contributed by atoms with Crippen LogP contribution in [0.3, 0.4) is 0 Å². The minimum absolute atomic E-state index is 0.122. The van der Waals surface area contributed by atoms with Crippen LogP contribution >= 0.6 is 0 Å². The molecule has 0 unspecified atom stereocenters. The van der Waals surface area contributed by atoms with Crippen LogP contribution < -0.4 is 14.7 Å². The van der Waals surface area contributed by atoms with Gasteiger partial charge >= 0.3 is 0 Å². The van der Waals surface area contributed by atoms with E-state index in [0.29, 0.717) is 0 Å². The Morgan fingerprint density at radius 3 is 0.538 bits per heavy atom. The molecule has 6 aliphatic rings. The van der Waals surface area contributed by atoms with Crippen LogP contribution in [-0.2, 0) is 32.5 Å². The van der Waals surface area contributed by atoms with Crippen molar-refractivity contribution >= 4 is 51.2 Å². The summed E-state index contributed by atoms with van der Waals surface area (Å²) < 4.78 is 0. The lowest BCUT2D eigenvalue weighted by Crippen LogP contribution is -2.18. The van der Waals surface area contributed by atoms with E-state index in [2.05, 4.69) is 444 Å². The topological polar surface area (TPSA) is 9.72 Å². The first-order chi connectivity index (χ1) is 56.5. The van der Waals surface area contributed by atoms with Crippen molar-refractivity contribution in [2.45, 2.75) is 116 Å². The molecule has 22 rings (SSSR count). The molecule has 0 bridgehead atoms. The number of rotatable bonds is 12. The number of hydrogen-bond donors (Lipinski definition) is 0. The van der Waals surface area contributed by atoms with Gasteiger partial charge in [0.25, 0.3) is 0 Å². The molecule has 0 amide bonds. The van der Waals surface area contributed by atoms with Crippen LogP contribution in [-0.4, -0.2) is 0 Å². The molecule has 6 aliphatic carbocycles. The van der Waals surface area contributed by atoms with Gasteiger partial charge in [0.1, 0.15) is 0 Å². The normalized spacial score (nSPS) is 15.6. The summed E-state index contributed by atoms with van der Waals surface area (Å²) in [6.45, 7) is 28.6. The molecule has 3 heteroatoms. The van der Waals surface area contributed by atoms with Crippen LogP contribution in [0.2, 0.25) is 0 Å². The highest BCUT2D eigenvalue weighted by Crippen LogP contribution is 2.59. The second kappa shape index (κ2) is 25.2. The summed E-state index contributed by atoms with van der Waals surface area (Å²) in [5.74, 6) is 0. The van der Waals surface area contributed by atoms with Gasteiger partial charge < -0.3 is 14.7 Å². The van der Waals surface area contributed by atoms with Crippen LogP contribution in [0.25, 0.3) is 100 Å². The van der Waals surface area contributed by atoms with Crippen molar-refractivity contribution < 1.29 is 0 Å². The Kier molecular flexibility index (Phi) is 15.2. The van der Waals surface area contributed by atoms with Gasteiger partial charge in [0, 0.05) is 83.7 Å². The molecule has 3 nitrogen and oxygen atoms in total. The molecule has 117 heavy (non-hydrogen) atoms. The van der Waals surface area contributed by atoms with E-state index in [1.54, 1.807) is 0 Å². The monoisotopic (exact) mass is 1500 g/mol. The van der Waals surface area contributed by atoms with E-state index in [-0.39, 0.29) is 32.5 Å². The molecular weight excluding hydrogens is 1410 g/mol. The lowest BCUT2D eigenvalue weighted by molar-refractivity contribution is 0.659. The lowest BCUT2D eigenvalue weighted by atomic mass is 9.82. The Labute approximate surface area is 689 Å². The van der Waals surface area contributed by atoms with Crippen molar-refractivity contribution in [2.75, 3.05) is 14.7 Å². The first kappa shape index (κ1) is 70.5. The minimum atomic E-state index is -0.179. The second-order valence-electron chi connectivity index (χ2n) is 36.8. The van der Waals surface area contributed by atoms with Gasteiger partial charge in [0.15, 0.2) is 0 Å². The summed E-state index contributed by atoms with van der Waals surface area (Å²) in [5.41, 5.74) is 47.9. The van der Waals surface area contributed by atoms with E-state index in [1.807, 2.05) is 0 Å². The molecule has 0 atom stereocenters. The first-order valence-corrected chi connectivity index (χ1v) is 41.9. The van der Waals surface area contributed by atoms with Crippen LogP contribution in [0.4, 0.5) is 51.2 Å². The molecule has 0 N–H and O–H groups in total. The maximum absolute atomic E-state index is 2.50. The number of hydrogen-bond acceptors (Lipinski definition) is 3. The van der Waals surface area contributed by atoms with Gasteiger partial charge in [-0.25, -0.2) is 0 Å². The van der Waals surface area contributed by atoms with Crippen molar-refractivity contribution in [3.8, 4) is 100 Å². The highest BCUT2D eigenvalue weighted by molar-refractivity contribution is 5.95. The molecule has 0 aromatic heterocycles. The maximum Gasteiger partial charge on any atom is 0.0468 e. The molecule has 0 heterocycles. The second-order valence-corrected chi connectivity index (χ2v) is 36.8. The van der Waals surface area contributed by atoms with Crippen LogP contribution in [0.1, 0.15) is 150 Å². The molecule has 564 valence electrons. The number of fused-ring (bicyclic) bond motifs is 18. The maximum atomic E-state index is 2.50. The summed E-state index contributed by atoms with van der Waals surface area (Å²) >= 11 is 0. The molecule has 0 fully saturated rings. The van der Waals surface area contributed by atoms with E-state index in [9.17, 15) is 0 Å². The molecule has 16 aromatic rings. The largest absolute Gasteiger partial charge is 0.310 e. The first-order valence-electron chi connectivity index (χ1n) is 41.9. The van der Waals surface area contributed by atoms with Gasteiger partial charge in [0.2, 0.25) is 0 Å². The van der Waals surface area contributed by atoms with E-state index < -0.39 is 0 Å². The van der Waals surface area contributed by atoms with Crippen molar-refractivity contribution in [1.29, 1.82) is 0 Å². The van der Waals surface area contributed by atoms with Gasteiger partial charge in [-0.1, -0.05) is 301 Å². The standard InChI is InChI=1S/C114H93N3/c1-109(2)102-36-24-18-30-90(102)96-64-79(54-60-103(96)109)115(80-49-55-91-85-25-13-19-31-97(85)110(3,4)104(91)65-80)76-43-37-70(38-44-76)73-61-74(71-39-45-77(46-40-71)116(81-50-56-92-86-26-14-20-32-98(86)111(5,6)105(92)66-81)82-51-57-93-87-27-15-21-33-99(87)112(7,8)106(93)67-82)63-75(62-73)72-41-47-78(48-42-72)117(83-52-58-94-88-28-16-22-34-100(88)113(9,10)107(94)68-83)84-53-59-95-89-29-17-23-35-101(89)114(11,12)108(95)69-84/h13-69H,1-12H3. The Morgan fingerprint density at radius 1 is 0.128 bits per heavy atom. The van der Waals surface area contributed by atoms with Crippen molar-refractivity contribution in [3.63, 3.8) is 0 Å². The lowest BCUT2D eigenvalue weighted by Gasteiger charge is -2.30. The van der Waals surface area contributed by atoms with Crippen molar-refractivity contribution in [1.82, 2.24) is 0 Å². The van der Waals surface area contributed by atoms with Gasteiger partial charge in [-0.2, -0.15) is 0 Å². The fourth-order valence-electron chi connectivity index (χ4n) is 21.9. The summed E-state index contributed by atoms with van der Waals surface area (Å²) in [4.78, 5) is 7.48. The van der Waals surface area contributed by atoms with E-state index in [0.717, 1.165) is 84.6 Å².